The van der Waals surface area contributed by atoms with Crippen LogP contribution in [0.2, 0.25) is 5.02 Å². The summed E-state index contributed by atoms with van der Waals surface area (Å²) in [5.41, 5.74) is 1.63. The number of halogens is 5. The fraction of sp³-hybridized carbons (Fsp3) is 0.333. The molecule has 0 aliphatic carbocycles. The van der Waals surface area contributed by atoms with Crippen molar-refractivity contribution < 1.29 is 21.6 Å². The number of nitrogens with one attached hydrogen (secondary N) is 1. The van der Waals surface area contributed by atoms with Gasteiger partial charge in [-0.05, 0) is 72.7 Å². The third-order valence-electron chi connectivity index (χ3n) is 3.85. The molecule has 0 aliphatic rings. The molecule has 10 heteroatoms. The highest BCUT2D eigenvalue weighted by Crippen LogP contribution is 2.42. The lowest BCUT2D eigenvalue weighted by Gasteiger charge is -2.31. The Morgan fingerprint density at radius 1 is 1.11 bits per heavy atom. The van der Waals surface area contributed by atoms with Crippen LogP contribution in [-0.2, 0) is 10.0 Å². The number of rotatable bonds is 6. The van der Waals surface area contributed by atoms with Gasteiger partial charge in [-0.1, -0.05) is 35.4 Å². The third-order valence-corrected chi connectivity index (χ3v) is 9.20. The largest absolute Gasteiger partial charge is 0.417 e. The van der Waals surface area contributed by atoms with Gasteiger partial charge in [0.05, 0.1) is 4.90 Å². The minimum absolute atomic E-state index is 0.129. The van der Waals surface area contributed by atoms with Crippen LogP contribution in [0, 0.1) is 20.8 Å². The highest BCUT2D eigenvalue weighted by Gasteiger charge is 2.55. The van der Waals surface area contributed by atoms with E-state index < -0.39 is 25.5 Å². The predicted octanol–water partition coefficient (Wildman–Crippen LogP) is 6.03. The molecule has 0 bridgehead atoms. The minimum Gasteiger partial charge on any atom is -0.207 e. The number of aryl methyl sites for hydroxylation is 3. The number of alkyl halides is 4. The van der Waals surface area contributed by atoms with Crippen molar-refractivity contribution in [3.05, 3.63) is 58.1 Å². The first-order valence-electron chi connectivity index (χ1n) is 8.01. The van der Waals surface area contributed by atoms with Crippen LogP contribution in [0.25, 0.3) is 0 Å². The van der Waals surface area contributed by atoms with Crippen molar-refractivity contribution in [2.45, 2.75) is 40.3 Å². The molecule has 0 spiro atoms. The standard InChI is InChI=1S/C18H18ClF3INO2S2/c1-11-7-12(2)16(13(3)8-11)28(25,26)24-17(23,18(20,21)22)10-27-15-6-4-5-14(19)9-15/h4-9,24H,10H2,1-3H3. The molecule has 1 N–H and O–H groups in total. The SMILES string of the molecule is Cc1cc(C)c(S(=O)(=O)NC(I)(CSc2cccc(Cl)c2)C(F)(F)F)c(C)c1. The quantitative estimate of drug-likeness (QED) is 0.202. The monoisotopic (exact) mass is 563 g/mol. The van der Waals surface area contributed by atoms with E-state index in [4.69, 9.17) is 11.6 Å². The smallest absolute Gasteiger partial charge is 0.207 e. The molecule has 0 saturated heterocycles. The third kappa shape index (κ3) is 5.56. The zero-order valence-electron chi connectivity index (χ0n) is 15.2. The lowest BCUT2D eigenvalue weighted by Crippen LogP contribution is -2.55. The molecule has 0 heterocycles. The molecule has 1 atom stereocenters. The summed E-state index contributed by atoms with van der Waals surface area (Å²) in [5.74, 6) is -0.555. The maximum atomic E-state index is 13.8. The summed E-state index contributed by atoms with van der Waals surface area (Å²) in [6.07, 6.45) is -4.81. The molecule has 2 aromatic rings. The molecule has 0 amide bonds. The normalized spacial score (nSPS) is 14.7. The van der Waals surface area contributed by atoms with Crippen LogP contribution >= 0.6 is 46.0 Å². The summed E-state index contributed by atoms with van der Waals surface area (Å²) >= 11 is 7.88. The van der Waals surface area contributed by atoms with Gasteiger partial charge < -0.3 is 0 Å². The van der Waals surface area contributed by atoms with Crippen molar-refractivity contribution in [3.8, 4) is 0 Å². The Hall–Kier alpha value is -0.490. The summed E-state index contributed by atoms with van der Waals surface area (Å²) in [5, 5.41) is 0.391. The number of benzene rings is 2. The second kappa shape index (κ2) is 8.71. The second-order valence-electron chi connectivity index (χ2n) is 6.38. The summed E-state index contributed by atoms with van der Waals surface area (Å²) in [6, 6.07) is 9.64. The number of thioether (sulfide) groups is 1. The van der Waals surface area contributed by atoms with Crippen LogP contribution < -0.4 is 4.72 Å². The Bertz CT molecular complexity index is 960. The Morgan fingerprint density at radius 3 is 2.18 bits per heavy atom. The van der Waals surface area contributed by atoms with E-state index in [1.165, 1.54) is 6.07 Å². The van der Waals surface area contributed by atoms with Crippen LogP contribution in [0.5, 0.6) is 0 Å². The van der Waals surface area contributed by atoms with Gasteiger partial charge in [0.2, 0.25) is 10.0 Å². The van der Waals surface area contributed by atoms with Crippen LogP contribution in [0.4, 0.5) is 13.2 Å². The van der Waals surface area contributed by atoms with E-state index in [9.17, 15) is 21.6 Å². The molecule has 2 aromatic carbocycles. The minimum atomic E-state index is -4.81. The van der Waals surface area contributed by atoms with Gasteiger partial charge in [-0.2, -0.15) is 17.9 Å². The van der Waals surface area contributed by atoms with Gasteiger partial charge >= 0.3 is 6.18 Å². The van der Waals surface area contributed by atoms with E-state index in [1.54, 1.807) is 51.1 Å². The molecule has 0 fully saturated rings. The van der Waals surface area contributed by atoms with Gasteiger partial charge in [0.15, 0.2) is 3.55 Å². The van der Waals surface area contributed by atoms with E-state index in [2.05, 4.69) is 0 Å². The average molecular weight is 564 g/mol. The first-order chi connectivity index (χ1) is 12.7. The fourth-order valence-corrected chi connectivity index (χ4v) is 7.11. The summed E-state index contributed by atoms with van der Waals surface area (Å²) in [6.45, 7) is 4.93. The van der Waals surface area contributed by atoms with Gasteiger partial charge in [-0.25, -0.2) is 8.42 Å². The summed E-state index contributed by atoms with van der Waals surface area (Å²) in [4.78, 5) is 0.385. The van der Waals surface area contributed by atoms with Crippen LogP contribution in [0.3, 0.4) is 0 Å². The fourth-order valence-electron chi connectivity index (χ4n) is 2.76. The van der Waals surface area contributed by atoms with Gasteiger partial charge in [0.25, 0.3) is 0 Å². The number of sulfonamides is 1. The Labute approximate surface area is 185 Å². The molecule has 154 valence electrons. The van der Waals surface area contributed by atoms with Crippen LogP contribution in [0.1, 0.15) is 16.7 Å². The molecule has 1 unspecified atom stereocenters. The molecule has 0 aromatic heterocycles. The highest BCUT2D eigenvalue weighted by atomic mass is 127. The van der Waals surface area contributed by atoms with Crippen molar-refractivity contribution >= 4 is 56.0 Å². The second-order valence-corrected chi connectivity index (χ2v) is 11.3. The predicted molar refractivity (Wildman–Crippen MR) is 116 cm³/mol. The van der Waals surface area contributed by atoms with E-state index in [0.29, 0.717) is 21.0 Å². The van der Waals surface area contributed by atoms with Gasteiger partial charge in [0.1, 0.15) is 0 Å². The first kappa shape index (κ1) is 23.8. The van der Waals surface area contributed by atoms with Crippen LogP contribution in [-0.4, -0.2) is 23.9 Å². The molecule has 28 heavy (non-hydrogen) atoms. The maximum absolute atomic E-state index is 13.8. The lowest BCUT2D eigenvalue weighted by atomic mass is 10.1. The molecule has 0 aliphatic heterocycles. The van der Waals surface area contributed by atoms with Crippen molar-refractivity contribution in [1.82, 2.24) is 4.72 Å². The van der Waals surface area contributed by atoms with E-state index in [0.717, 1.165) is 39.9 Å². The van der Waals surface area contributed by atoms with Crippen molar-refractivity contribution in [2.75, 3.05) is 5.75 Å². The lowest BCUT2D eigenvalue weighted by molar-refractivity contribution is -0.151. The topological polar surface area (TPSA) is 46.2 Å². The summed E-state index contributed by atoms with van der Waals surface area (Å²) < 4.78 is 66.4. The molecule has 3 nitrogen and oxygen atoms in total. The van der Waals surface area contributed by atoms with Gasteiger partial charge in [0, 0.05) is 15.7 Å². The van der Waals surface area contributed by atoms with Crippen LogP contribution in [0.15, 0.2) is 46.2 Å². The van der Waals surface area contributed by atoms with E-state index >= 15 is 0 Å². The van der Waals surface area contributed by atoms with E-state index in [1.807, 2.05) is 4.72 Å². The Balaban J connectivity index is 2.38. The summed E-state index contributed by atoms with van der Waals surface area (Å²) in [7, 11) is -4.41. The van der Waals surface area contributed by atoms with Crippen molar-refractivity contribution in [3.63, 3.8) is 0 Å². The van der Waals surface area contributed by atoms with Crippen molar-refractivity contribution in [2.24, 2.45) is 0 Å². The molecule has 0 radical (unpaired) electrons. The van der Waals surface area contributed by atoms with E-state index in [-0.39, 0.29) is 4.90 Å². The Kier molecular flexibility index (Phi) is 7.40. The molecular weight excluding hydrogens is 546 g/mol. The average Bonchev–Trinajstić information content (AvgIpc) is 2.50. The van der Waals surface area contributed by atoms with Crippen molar-refractivity contribution in [1.29, 1.82) is 0 Å². The number of hydrogen-bond acceptors (Lipinski definition) is 3. The number of hydrogen-bond donors (Lipinski definition) is 1. The van der Waals surface area contributed by atoms with Gasteiger partial charge in [-0.15, -0.1) is 11.8 Å². The molecule has 0 saturated carbocycles. The zero-order chi connectivity index (χ0) is 21.3. The highest BCUT2D eigenvalue weighted by molar-refractivity contribution is 14.1. The molecular formula is C18H18ClF3INO2S2. The molecule has 2 rings (SSSR count). The first-order valence-corrected chi connectivity index (χ1v) is 11.9. The van der Waals surface area contributed by atoms with Gasteiger partial charge in [-0.3, -0.25) is 0 Å². The zero-order valence-corrected chi connectivity index (χ0v) is 19.7. The maximum Gasteiger partial charge on any atom is 0.417 e. The Morgan fingerprint density at radius 2 is 1.68 bits per heavy atom.